The van der Waals surface area contributed by atoms with Crippen molar-refractivity contribution in [3.8, 4) is 0 Å². The number of hydrogen-bond acceptors (Lipinski definition) is 3. The van der Waals surface area contributed by atoms with E-state index in [1.54, 1.807) is 0 Å². The maximum Gasteiger partial charge on any atom is 0.321 e. The van der Waals surface area contributed by atoms with Crippen LogP contribution in [0.5, 0.6) is 0 Å². The number of benzene rings is 1. The highest BCUT2D eigenvalue weighted by atomic mass is 16.4. The van der Waals surface area contributed by atoms with Crippen molar-refractivity contribution in [3.63, 3.8) is 0 Å². The topological polar surface area (TPSA) is 60.8 Å². The normalized spacial score (nSPS) is 25.8. The molecule has 1 fully saturated rings. The molecule has 1 aliphatic rings. The molecule has 1 aromatic carbocycles. The average Bonchev–Trinajstić information content (AvgIpc) is 2.61. The van der Waals surface area contributed by atoms with Gasteiger partial charge in [0.05, 0.1) is 6.10 Å². The van der Waals surface area contributed by atoms with Gasteiger partial charge < -0.3 is 10.2 Å². The van der Waals surface area contributed by atoms with Crippen LogP contribution in [0.4, 0.5) is 0 Å². The molecule has 0 aromatic heterocycles. The van der Waals surface area contributed by atoms with Gasteiger partial charge in [0.1, 0.15) is 6.04 Å². The molecular formula is C12H15NO3. The summed E-state index contributed by atoms with van der Waals surface area (Å²) in [5.41, 5.74) is 1.07. The number of nitrogens with zero attached hydrogens (tertiary/aromatic N) is 1. The summed E-state index contributed by atoms with van der Waals surface area (Å²) in [6.45, 7) is 1.01. The van der Waals surface area contributed by atoms with Crippen LogP contribution in [0.15, 0.2) is 30.3 Å². The van der Waals surface area contributed by atoms with Crippen molar-refractivity contribution in [2.45, 2.75) is 25.1 Å². The Kier molecular flexibility index (Phi) is 3.22. The number of hydrogen-bond donors (Lipinski definition) is 2. The van der Waals surface area contributed by atoms with Crippen LogP contribution in [0, 0.1) is 0 Å². The molecule has 0 aliphatic carbocycles. The second kappa shape index (κ2) is 4.63. The Labute approximate surface area is 94.1 Å². The zero-order chi connectivity index (χ0) is 11.5. The fourth-order valence-corrected chi connectivity index (χ4v) is 2.13. The van der Waals surface area contributed by atoms with E-state index in [0.717, 1.165) is 5.56 Å². The maximum absolute atomic E-state index is 11.0. The maximum atomic E-state index is 11.0. The van der Waals surface area contributed by atoms with Crippen molar-refractivity contribution >= 4 is 5.97 Å². The molecule has 16 heavy (non-hydrogen) atoms. The number of aliphatic hydroxyl groups is 1. The molecule has 0 bridgehead atoms. The Hall–Kier alpha value is -1.39. The number of β-amino-alcohol motifs (C(OH)–C–C–N with tert-alkyl or cyclic N) is 1. The smallest absolute Gasteiger partial charge is 0.321 e. The first-order valence-corrected chi connectivity index (χ1v) is 5.35. The van der Waals surface area contributed by atoms with Gasteiger partial charge in [-0.25, -0.2) is 0 Å². The molecule has 2 N–H and O–H groups in total. The summed E-state index contributed by atoms with van der Waals surface area (Å²) in [7, 11) is 0. The fraction of sp³-hybridized carbons (Fsp3) is 0.417. The number of likely N-dealkylation sites (tertiary alicyclic amines) is 1. The van der Waals surface area contributed by atoms with Gasteiger partial charge in [-0.2, -0.15) is 0 Å². The lowest BCUT2D eigenvalue weighted by Crippen LogP contribution is -2.35. The van der Waals surface area contributed by atoms with Crippen molar-refractivity contribution in [1.82, 2.24) is 4.90 Å². The first-order chi connectivity index (χ1) is 7.66. The third kappa shape index (κ3) is 2.40. The van der Waals surface area contributed by atoms with Crippen LogP contribution in [0.2, 0.25) is 0 Å². The van der Waals surface area contributed by atoms with Crippen molar-refractivity contribution in [2.75, 3.05) is 6.54 Å². The molecule has 0 amide bonds. The molecule has 86 valence electrons. The lowest BCUT2D eigenvalue weighted by atomic mass is 10.2. The fourth-order valence-electron chi connectivity index (χ4n) is 2.13. The Morgan fingerprint density at radius 2 is 2.06 bits per heavy atom. The van der Waals surface area contributed by atoms with E-state index in [9.17, 15) is 9.90 Å². The molecular weight excluding hydrogens is 206 g/mol. The molecule has 4 nitrogen and oxygen atoms in total. The Morgan fingerprint density at radius 3 is 2.69 bits per heavy atom. The monoisotopic (exact) mass is 221 g/mol. The minimum Gasteiger partial charge on any atom is -0.480 e. The first kappa shape index (κ1) is 11.1. The molecule has 2 atom stereocenters. The lowest BCUT2D eigenvalue weighted by molar-refractivity contribution is -0.142. The quantitative estimate of drug-likeness (QED) is 0.789. The van der Waals surface area contributed by atoms with Crippen molar-refractivity contribution in [2.24, 2.45) is 0 Å². The highest BCUT2D eigenvalue weighted by Crippen LogP contribution is 2.20. The van der Waals surface area contributed by atoms with Crippen molar-refractivity contribution in [1.29, 1.82) is 0 Å². The standard InChI is InChI=1S/C12H15NO3/c14-10-6-11(12(15)16)13(8-10)7-9-4-2-1-3-5-9/h1-5,10-11,14H,6-8H2,(H,15,16)/t10?,11-/m0/s1. The number of carboxylic acids is 1. The number of aliphatic carboxylic acids is 1. The SMILES string of the molecule is O=C(O)[C@@H]1CC(O)CN1Cc1ccccc1. The van der Waals surface area contributed by atoms with E-state index in [4.69, 9.17) is 5.11 Å². The highest BCUT2D eigenvalue weighted by molar-refractivity contribution is 5.74. The van der Waals surface area contributed by atoms with Gasteiger partial charge in [0.2, 0.25) is 0 Å². The predicted octanol–water partition coefficient (Wildman–Crippen LogP) is 0.706. The Balaban J connectivity index is 2.06. The van der Waals surface area contributed by atoms with Gasteiger partial charge in [0, 0.05) is 19.5 Å². The number of carboxylic acid groups (broad SMARTS) is 1. The molecule has 0 spiro atoms. The van der Waals surface area contributed by atoms with Gasteiger partial charge in [-0.1, -0.05) is 30.3 Å². The summed E-state index contributed by atoms with van der Waals surface area (Å²) in [6, 6.07) is 9.15. The van der Waals surface area contributed by atoms with Crippen molar-refractivity contribution in [3.05, 3.63) is 35.9 Å². The van der Waals surface area contributed by atoms with E-state index in [1.807, 2.05) is 35.2 Å². The summed E-state index contributed by atoms with van der Waals surface area (Å²) in [5.74, 6) is -0.854. The van der Waals surface area contributed by atoms with E-state index >= 15 is 0 Å². The summed E-state index contributed by atoms with van der Waals surface area (Å²) in [5, 5.41) is 18.5. The van der Waals surface area contributed by atoms with Crippen LogP contribution in [0.3, 0.4) is 0 Å². The third-order valence-electron chi connectivity index (χ3n) is 2.89. The molecule has 4 heteroatoms. The van der Waals surface area contributed by atoms with E-state index < -0.39 is 18.1 Å². The van der Waals surface area contributed by atoms with Gasteiger partial charge in [-0.3, -0.25) is 9.69 Å². The molecule has 1 unspecified atom stereocenters. The largest absolute Gasteiger partial charge is 0.480 e. The minimum absolute atomic E-state index is 0.322. The number of aliphatic hydroxyl groups excluding tert-OH is 1. The number of rotatable bonds is 3. The van der Waals surface area contributed by atoms with Crippen LogP contribution in [0.1, 0.15) is 12.0 Å². The third-order valence-corrected chi connectivity index (χ3v) is 2.89. The van der Waals surface area contributed by atoms with E-state index in [1.165, 1.54) is 0 Å². The zero-order valence-corrected chi connectivity index (χ0v) is 8.91. The average molecular weight is 221 g/mol. The van der Waals surface area contributed by atoms with Crippen LogP contribution in [-0.2, 0) is 11.3 Å². The molecule has 2 rings (SSSR count). The van der Waals surface area contributed by atoms with Crippen LogP contribution < -0.4 is 0 Å². The van der Waals surface area contributed by atoms with E-state index in [-0.39, 0.29) is 0 Å². The molecule has 1 saturated heterocycles. The van der Waals surface area contributed by atoms with Gasteiger partial charge >= 0.3 is 5.97 Å². The van der Waals surface area contributed by atoms with Crippen LogP contribution in [-0.4, -0.2) is 39.8 Å². The van der Waals surface area contributed by atoms with Gasteiger partial charge in [0.25, 0.3) is 0 Å². The Morgan fingerprint density at radius 1 is 1.38 bits per heavy atom. The lowest BCUT2D eigenvalue weighted by Gasteiger charge is -2.20. The van der Waals surface area contributed by atoms with Gasteiger partial charge in [-0.15, -0.1) is 0 Å². The molecule has 1 heterocycles. The Bertz CT molecular complexity index is 366. The summed E-state index contributed by atoms with van der Waals surface area (Å²) in [6.07, 6.45) is -0.202. The molecule has 1 aliphatic heterocycles. The second-order valence-electron chi connectivity index (χ2n) is 4.16. The first-order valence-electron chi connectivity index (χ1n) is 5.35. The molecule has 1 aromatic rings. The van der Waals surface area contributed by atoms with Crippen molar-refractivity contribution < 1.29 is 15.0 Å². The van der Waals surface area contributed by atoms with Crippen LogP contribution in [0.25, 0.3) is 0 Å². The van der Waals surface area contributed by atoms with Crippen LogP contribution >= 0.6 is 0 Å². The molecule has 0 saturated carbocycles. The summed E-state index contributed by atoms with van der Waals surface area (Å²) < 4.78 is 0. The molecule has 0 radical (unpaired) electrons. The summed E-state index contributed by atoms with van der Waals surface area (Å²) in [4.78, 5) is 12.8. The number of carbonyl (C=O) groups is 1. The highest BCUT2D eigenvalue weighted by Gasteiger charge is 2.35. The van der Waals surface area contributed by atoms with Gasteiger partial charge in [0.15, 0.2) is 0 Å². The predicted molar refractivity (Wildman–Crippen MR) is 58.9 cm³/mol. The second-order valence-corrected chi connectivity index (χ2v) is 4.16. The van der Waals surface area contributed by atoms with E-state index in [0.29, 0.717) is 19.5 Å². The minimum atomic E-state index is -0.854. The van der Waals surface area contributed by atoms with E-state index in [2.05, 4.69) is 0 Å². The summed E-state index contributed by atoms with van der Waals surface area (Å²) >= 11 is 0. The zero-order valence-electron chi connectivity index (χ0n) is 8.91. The van der Waals surface area contributed by atoms with Gasteiger partial charge in [-0.05, 0) is 5.56 Å².